The van der Waals surface area contributed by atoms with Gasteiger partial charge in [0.05, 0.1) is 0 Å². The molecular formula is C22H27N3O3. The second kappa shape index (κ2) is 9.26. The first-order valence-electron chi connectivity index (χ1n) is 9.64. The van der Waals surface area contributed by atoms with Crippen LogP contribution in [0.3, 0.4) is 0 Å². The number of carbonyl (C=O) groups excluding carboxylic acids is 2. The summed E-state index contributed by atoms with van der Waals surface area (Å²) in [7, 11) is 0. The Kier molecular flexibility index (Phi) is 6.53. The van der Waals surface area contributed by atoms with Gasteiger partial charge in [0.15, 0.2) is 6.61 Å². The molecular weight excluding hydrogens is 354 g/mol. The van der Waals surface area contributed by atoms with E-state index in [9.17, 15) is 9.59 Å². The molecule has 1 aliphatic rings. The van der Waals surface area contributed by atoms with Gasteiger partial charge in [-0.05, 0) is 36.4 Å². The van der Waals surface area contributed by atoms with Crippen LogP contribution < -0.4 is 15.0 Å². The van der Waals surface area contributed by atoms with Crippen LogP contribution in [-0.4, -0.2) is 49.5 Å². The van der Waals surface area contributed by atoms with Crippen LogP contribution >= 0.6 is 0 Å². The van der Waals surface area contributed by atoms with Crippen LogP contribution in [0.25, 0.3) is 0 Å². The molecule has 0 radical (unpaired) electrons. The van der Waals surface area contributed by atoms with Gasteiger partial charge in [0.25, 0.3) is 5.91 Å². The van der Waals surface area contributed by atoms with Gasteiger partial charge in [0.1, 0.15) is 5.75 Å². The monoisotopic (exact) mass is 381 g/mol. The molecule has 3 rings (SSSR count). The normalized spacial score (nSPS) is 14.1. The molecule has 1 fully saturated rings. The zero-order valence-corrected chi connectivity index (χ0v) is 16.4. The molecule has 148 valence electrons. The van der Waals surface area contributed by atoms with Crippen LogP contribution in [0.15, 0.2) is 54.6 Å². The SMILES string of the molecule is CC(C)C(=O)N1CCN(c2ccc(NC(=O)COc3ccccc3)cc2)CC1. The van der Waals surface area contributed by atoms with Crippen molar-refractivity contribution in [3.63, 3.8) is 0 Å². The average molecular weight is 381 g/mol. The number of nitrogens with zero attached hydrogens (tertiary/aromatic N) is 2. The van der Waals surface area contributed by atoms with Gasteiger partial charge < -0.3 is 19.9 Å². The fourth-order valence-corrected chi connectivity index (χ4v) is 3.17. The first kappa shape index (κ1) is 19.7. The summed E-state index contributed by atoms with van der Waals surface area (Å²) >= 11 is 0. The molecule has 1 N–H and O–H groups in total. The van der Waals surface area contributed by atoms with Crippen molar-refractivity contribution < 1.29 is 14.3 Å². The van der Waals surface area contributed by atoms with E-state index in [4.69, 9.17) is 4.74 Å². The molecule has 1 saturated heterocycles. The minimum absolute atomic E-state index is 0.0302. The second-order valence-corrected chi connectivity index (χ2v) is 7.16. The van der Waals surface area contributed by atoms with Gasteiger partial charge in [-0.15, -0.1) is 0 Å². The summed E-state index contributed by atoms with van der Waals surface area (Å²) in [4.78, 5) is 28.3. The lowest BCUT2D eigenvalue weighted by molar-refractivity contribution is -0.134. The molecule has 6 heteroatoms. The number of nitrogens with one attached hydrogen (secondary N) is 1. The number of hydrogen-bond acceptors (Lipinski definition) is 4. The molecule has 2 aromatic rings. The summed E-state index contributed by atoms with van der Waals surface area (Å²) in [5.74, 6) is 0.733. The molecule has 2 amide bonds. The van der Waals surface area contributed by atoms with Gasteiger partial charge in [-0.1, -0.05) is 32.0 Å². The van der Waals surface area contributed by atoms with Gasteiger partial charge in [-0.25, -0.2) is 0 Å². The number of rotatable bonds is 6. The lowest BCUT2D eigenvalue weighted by Crippen LogP contribution is -2.49. The maximum absolute atomic E-state index is 12.1. The molecule has 0 aliphatic carbocycles. The standard InChI is InChI=1S/C22H27N3O3/c1-17(2)22(27)25-14-12-24(13-15-25)19-10-8-18(9-11-19)23-21(26)16-28-20-6-4-3-5-7-20/h3-11,17H,12-16H2,1-2H3,(H,23,26). The van der Waals surface area contributed by atoms with E-state index in [1.54, 1.807) is 0 Å². The number of piperazine rings is 1. The van der Waals surface area contributed by atoms with Crippen molar-refractivity contribution in [2.24, 2.45) is 5.92 Å². The third kappa shape index (κ3) is 5.25. The third-order valence-corrected chi connectivity index (χ3v) is 4.71. The van der Waals surface area contributed by atoms with Crippen LogP contribution in [0.4, 0.5) is 11.4 Å². The van der Waals surface area contributed by atoms with E-state index >= 15 is 0 Å². The molecule has 0 bridgehead atoms. The minimum atomic E-state index is -0.197. The van der Waals surface area contributed by atoms with Gasteiger partial charge in [0.2, 0.25) is 5.91 Å². The van der Waals surface area contributed by atoms with E-state index in [0.29, 0.717) is 5.75 Å². The van der Waals surface area contributed by atoms with Crippen LogP contribution in [0, 0.1) is 5.92 Å². The van der Waals surface area contributed by atoms with E-state index in [0.717, 1.165) is 37.6 Å². The first-order valence-corrected chi connectivity index (χ1v) is 9.64. The summed E-state index contributed by atoms with van der Waals surface area (Å²) < 4.78 is 5.45. The summed E-state index contributed by atoms with van der Waals surface area (Å²) in [6.45, 7) is 6.96. The number of para-hydroxylation sites is 1. The average Bonchev–Trinajstić information content (AvgIpc) is 2.73. The third-order valence-electron chi connectivity index (χ3n) is 4.71. The molecule has 0 unspecified atom stereocenters. The fraction of sp³-hybridized carbons (Fsp3) is 0.364. The number of benzene rings is 2. The Labute approximate surface area is 166 Å². The largest absolute Gasteiger partial charge is 0.484 e. The van der Waals surface area contributed by atoms with E-state index < -0.39 is 0 Å². The van der Waals surface area contributed by atoms with Crippen LogP contribution in [0.1, 0.15) is 13.8 Å². The van der Waals surface area contributed by atoms with Gasteiger partial charge in [-0.3, -0.25) is 9.59 Å². The maximum Gasteiger partial charge on any atom is 0.262 e. The smallest absolute Gasteiger partial charge is 0.262 e. The van der Waals surface area contributed by atoms with E-state index in [-0.39, 0.29) is 24.3 Å². The molecule has 6 nitrogen and oxygen atoms in total. The Bertz CT molecular complexity index is 782. The Morgan fingerprint density at radius 2 is 1.61 bits per heavy atom. The highest BCUT2D eigenvalue weighted by molar-refractivity contribution is 5.92. The van der Waals surface area contributed by atoms with Crippen LogP contribution in [0.5, 0.6) is 5.75 Å². The van der Waals surface area contributed by atoms with Crippen molar-refractivity contribution in [1.29, 1.82) is 0 Å². The minimum Gasteiger partial charge on any atom is -0.484 e. The fourth-order valence-electron chi connectivity index (χ4n) is 3.17. The highest BCUT2D eigenvalue weighted by Crippen LogP contribution is 2.20. The number of anilines is 2. The van der Waals surface area contributed by atoms with Crippen molar-refractivity contribution in [3.8, 4) is 5.75 Å². The summed E-state index contributed by atoms with van der Waals surface area (Å²) in [5.41, 5.74) is 1.83. The Balaban J connectivity index is 1.47. The number of carbonyl (C=O) groups is 2. The first-order chi connectivity index (χ1) is 13.5. The van der Waals surface area contributed by atoms with Gasteiger partial charge >= 0.3 is 0 Å². The van der Waals surface area contributed by atoms with Crippen LogP contribution in [-0.2, 0) is 9.59 Å². The quantitative estimate of drug-likeness (QED) is 0.836. The van der Waals surface area contributed by atoms with Crippen molar-refractivity contribution in [1.82, 2.24) is 4.90 Å². The Morgan fingerprint density at radius 3 is 2.21 bits per heavy atom. The zero-order chi connectivity index (χ0) is 19.9. The molecule has 28 heavy (non-hydrogen) atoms. The van der Waals surface area contributed by atoms with Crippen LogP contribution in [0.2, 0.25) is 0 Å². The highest BCUT2D eigenvalue weighted by Gasteiger charge is 2.22. The summed E-state index contributed by atoms with van der Waals surface area (Å²) in [6, 6.07) is 17.0. The lowest BCUT2D eigenvalue weighted by Gasteiger charge is -2.37. The second-order valence-electron chi connectivity index (χ2n) is 7.16. The predicted octanol–water partition coefficient (Wildman–Crippen LogP) is 3.01. The van der Waals surface area contributed by atoms with Crippen molar-refractivity contribution in [2.75, 3.05) is 43.0 Å². The van der Waals surface area contributed by atoms with Gasteiger partial charge in [0, 0.05) is 43.5 Å². The molecule has 2 aromatic carbocycles. The highest BCUT2D eigenvalue weighted by atomic mass is 16.5. The molecule has 0 aromatic heterocycles. The lowest BCUT2D eigenvalue weighted by atomic mass is 10.1. The van der Waals surface area contributed by atoms with Gasteiger partial charge in [-0.2, -0.15) is 0 Å². The van der Waals surface area contributed by atoms with Crippen molar-refractivity contribution >= 4 is 23.2 Å². The zero-order valence-electron chi connectivity index (χ0n) is 16.4. The van der Waals surface area contributed by atoms with Crippen molar-refractivity contribution in [3.05, 3.63) is 54.6 Å². The Hall–Kier alpha value is -3.02. The Morgan fingerprint density at radius 1 is 0.964 bits per heavy atom. The molecule has 1 heterocycles. The van der Waals surface area contributed by atoms with E-state index in [2.05, 4.69) is 10.2 Å². The van der Waals surface area contributed by atoms with Crippen molar-refractivity contribution in [2.45, 2.75) is 13.8 Å². The number of hydrogen-bond donors (Lipinski definition) is 1. The number of amides is 2. The summed E-state index contributed by atoms with van der Waals surface area (Å²) in [6.07, 6.45) is 0. The number of ether oxygens (including phenoxy) is 1. The maximum atomic E-state index is 12.1. The predicted molar refractivity (Wildman–Crippen MR) is 111 cm³/mol. The molecule has 0 saturated carbocycles. The molecule has 0 atom stereocenters. The molecule has 0 spiro atoms. The molecule has 1 aliphatic heterocycles. The van der Waals surface area contributed by atoms with E-state index in [1.165, 1.54) is 0 Å². The topological polar surface area (TPSA) is 61.9 Å². The van der Waals surface area contributed by atoms with E-state index in [1.807, 2.05) is 73.3 Å². The summed E-state index contributed by atoms with van der Waals surface area (Å²) in [5, 5.41) is 2.84.